The Kier molecular flexibility index (Phi) is 4.06. The van der Waals surface area contributed by atoms with Crippen molar-refractivity contribution >= 4 is 34.6 Å². The number of ether oxygens (including phenoxy) is 2. The van der Waals surface area contributed by atoms with Crippen molar-refractivity contribution < 1.29 is 24.5 Å². The Labute approximate surface area is 134 Å². The van der Waals surface area contributed by atoms with Crippen LogP contribution in [-0.2, 0) is 14.3 Å². The van der Waals surface area contributed by atoms with Crippen molar-refractivity contribution in [1.82, 2.24) is 19.5 Å². The van der Waals surface area contributed by atoms with E-state index in [9.17, 15) is 15.0 Å². The number of nitrogens with zero attached hydrogens (tertiary/aromatic N) is 4. The molecule has 3 heterocycles. The lowest BCUT2D eigenvalue weighted by Gasteiger charge is -2.19. The van der Waals surface area contributed by atoms with Crippen molar-refractivity contribution in [2.75, 3.05) is 12.3 Å². The molecule has 1 fully saturated rings. The number of imidazole rings is 1. The van der Waals surface area contributed by atoms with E-state index in [2.05, 4.69) is 15.0 Å². The van der Waals surface area contributed by atoms with Crippen LogP contribution in [-0.4, -0.2) is 60.6 Å². The number of carbonyl (C=O) groups is 1. The quantitative estimate of drug-likeness (QED) is 0.483. The number of aliphatic hydroxyl groups is 2. The molecule has 0 unspecified atom stereocenters. The first-order valence-corrected chi connectivity index (χ1v) is 7.07. The lowest BCUT2D eigenvalue weighted by molar-refractivity contribution is -0.153. The second-order valence-electron chi connectivity index (χ2n) is 5.01. The molecule has 1 aliphatic rings. The number of aliphatic hydroxyl groups excluding tert-OH is 2. The van der Waals surface area contributed by atoms with Gasteiger partial charge in [0.25, 0.3) is 0 Å². The molecule has 0 radical (unpaired) electrons. The van der Waals surface area contributed by atoms with E-state index in [4.69, 9.17) is 26.8 Å². The van der Waals surface area contributed by atoms with E-state index in [1.165, 1.54) is 17.8 Å². The lowest BCUT2D eigenvalue weighted by atomic mass is 10.1. The molecular formula is C12H14ClN5O5. The minimum atomic E-state index is -1.23. The van der Waals surface area contributed by atoms with Crippen molar-refractivity contribution in [3.63, 3.8) is 0 Å². The molecule has 23 heavy (non-hydrogen) atoms. The largest absolute Gasteiger partial charge is 0.457 e. The van der Waals surface area contributed by atoms with Gasteiger partial charge in [-0.2, -0.15) is 9.97 Å². The van der Waals surface area contributed by atoms with E-state index in [-0.39, 0.29) is 16.7 Å². The molecule has 10 nitrogen and oxygen atoms in total. The highest BCUT2D eigenvalue weighted by molar-refractivity contribution is 6.28. The number of anilines is 1. The van der Waals surface area contributed by atoms with E-state index >= 15 is 0 Å². The minimum Gasteiger partial charge on any atom is -0.457 e. The Morgan fingerprint density at radius 2 is 2.30 bits per heavy atom. The van der Waals surface area contributed by atoms with Crippen LogP contribution in [0, 0.1) is 0 Å². The molecule has 2 aromatic heterocycles. The molecule has 2 aromatic rings. The average molecular weight is 344 g/mol. The maximum Gasteiger partial charge on any atom is 0.303 e. The highest BCUT2D eigenvalue weighted by Crippen LogP contribution is 2.33. The summed E-state index contributed by atoms with van der Waals surface area (Å²) >= 11 is 5.79. The number of carbonyl (C=O) groups excluding carboxylic acids is 1. The number of aromatic nitrogens is 4. The van der Waals surface area contributed by atoms with E-state index < -0.39 is 37.1 Å². The van der Waals surface area contributed by atoms with Crippen LogP contribution in [0.5, 0.6) is 0 Å². The molecule has 124 valence electrons. The molecule has 4 atom stereocenters. The summed E-state index contributed by atoms with van der Waals surface area (Å²) < 4.78 is 12.0. The van der Waals surface area contributed by atoms with Crippen LogP contribution in [0.3, 0.4) is 0 Å². The van der Waals surface area contributed by atoms with Crippen LogP contribution >= 0.6 is 11.6 Å². The molecule has 1 saturated heterocycles. The van der Waals surface area contributed by atoms with Crippen LogP contribution in [0.15, 0.2) is 6.33 Å². The number of hydrogen-bond acceptors (Lipinski definition) is 9. The normalized spacial score (nSPS) is 27.5. The number of rotatable bonds is 3. The topological polar surface area (TPSA) is 146 Å². The summed E-state index contributed by atoms with van der Waals surface area (Å²) in [5.74, 6) is -0.511. The van der Waals surface area contributed by atoms with Crippen LogP contribution in [0.4, 0.5) is 5.82 Å². The van der Waals surface area contributed by atoms with Gasteiger partial charge in [-0.3, -0.25) is 9.36 Å². The molecule has 11 heteroatoms. The summed E-state index contributed by atoms with van der Waals surface area (Å²) in [7, 11) is 0. The van der Waals surface area contributed by atoms with Gasteiger partial charge in [-0.05, 0) is 11.6 Å². The summed E-state index contributed by atoms with van der Waals surface area (Å²) in [5, 5.41) is 19.7. The first-order valence-electron chi connectivity index (χ1n) is 6.69. The predicted octanol–water partition coefficient (Wildman–Crippen LogP) is -0.756. The third-order valence-electron chi connectivity index (χ3n) is 3.49. The van der Waals surface area contributed by atoms with E-state index in [0.29, 0.717) is 5.52 Å². The maximum absolute atomic E-state index is 11.2. The van der Waals surface area contributed by atoms with Crippen molar-refractivity contribution in [3.05, 3.63) is 11.6 Å². The van der Waals surface area contributed by atoms with E-state index in [1.807, 2.05) is 0 Å². The van der Waals surface area contributed by atoms with Gasteiger partial charge in [0.05, 0.1) is 12.9 Å². The Morgan fingerprint density at radius 3 is 2.96 bits per heavy atom. The van der Waals surface area contributed by atoms with Gasteiger partial charge in [-0.1, -0.05) is 0 Å². The zero-order valence-corrected chi connectivity index (χ0v) is 12.7. The van der Waals surface area contributed by atoms with Gasteiger partial charge >= 0.3 is 5.97 Å². The molecule has 0 amide bonds. The number of esters is 1. The molecule has 4 N–H and O–H groups in total. The highest BCUT2D eigenvalue weighted by atomic mass is 35.5. The first-order chi connectivity index (χ1) is 10.9. The summed E-state index contributed by atoms with van der Waals surface area (Å²) in [4.78, 5) is 23.0. The fourth-order valence-electron chi connectivity index (χ4n) is 2.53. The number of hydrogen-bond donors (Lipinski definition) is 3. The Balaban J connectivity index is 2.00. The monoisotopic (exact) mass is 343 g/mol. The fourth-order valence-corrected chi connectivity index (χ4v) is 2.70. The Bertz CT molecular complexity index is 753. The maximum atomic E-state index is 11.2. The van der Waals surface area contributed by atoms with E-state index in [1.54, 1.807) is 0 Å². The minimum absolute atomic E-state index is 0.0838. The third-order valence-corrected chi connectivity index (χ3v) is 3.66. The second-order valence-corrected chi connectivity index (χ2v) is 5.35. The van der Waals surface area contributed by atoms with Gasteiger partial charge in [-0.15, -0.1) is 0 Å². The SMILES string of the molecule is CC(=O)O[C@H]1[C@@H](O)[C@H](n2cnc3c(N)nc(Cl)nc32)O[C@@H]1CO. The Morgan fingerprint density at radius 1 is 1.57 bits per heavy atom. The zero-order valence-electron chi connectivity index (χ0n) is 12.0. The first kappa shape index (κ1) is 15.9. The number of nitrogens with two attached hydrogens (primary N) is 1. The van der Waals surface area contributed by atoms with Gasteiger partial charge in [-0.25, -0.2) is 4.98 Å². The van der Waals surface area contributed by atoms with Crippen LogP contribution in [0.1, 0.15) is 13.2 Å². The molecule has 0 aliphatic carbocycles. The lowest BCUT2D eigenvalue weighted by Crippen LogP contribution is -2.37. The Hall–Kier alpha value is -2.01. The molecule has 1 aliphatic heterocycles. The van der Waals surface area contributed by atoms with Gasteiger partial charge in [0.15, 0.2) is 23.8 Å². The van der Waals surface area contributed by atoms with Crippen molar-refractivity contribution in [1.29, 1.82) is 0 Å². The van der Waals surface area contributed by atoms with E-state index in [0.717, 1.165) is 0 Å². The van der Waals surface area contributed by atoms with Crippen molar-refractivity contribution in [2.24, 2.45) is 0 Å². The number of fused-ring (bicyclic) bond motifs is 1. The molecule has 0 bridgehead atoms. The summed E-state index contributed by atoms with van der Waals surface area (Å²) in [6, 6.07) is 0. The molecular weight excluding hydrogens is 330 g/mol. The fraction of sp³-hybridized carbons (Fsp3) is 0.500. The van der Waals surface area contributed by atoms with Crippen LogP contribution in [0.2, 0.25) is 5.28 Å². The van der Waals surface area contributed by atoms with Crippen LogP contribution in [0.25, 0.3) is 11.2 Å². The molecule has 0 spiro atoms. The standard InChI is InChI=1S/C12H14ClN5O5/c1-4(20)22-8-5(2-19)23-11(7(8)21)18-3-15-6-9(14)16-12(13)17-10(6)18/h3,5,7-8,11,19,21H,2H2,1H3,(H2,14,16,17)/t5-,7-,8-,11-/m1/s1. The molecule has 0 aromatic carbocycles. The van der Waals surface area contributed by atoms with Gasteiger partial charge in [0.1, 0.15) is 17.7 Å². The third kappa shape index (κ3) is 2.70. The highest BCUT2D eigenvalue weighted by Gasteiger charge is 2.47. The summed E-state index contributed by atoms with van der Waals surface area (Å²) in [5.41, 5.74) is 6.28. The van der Waals surface area contributed by atoms with Gasteiger partial charge in [0.2, 0.25) is 5.28 Å². The van der Waals surface area contributed by atoms with Crippen molar-refractivity contribution in [3.8, 4) is 0 Å². The second kappa shape index (κ2) is 5.89. The number of halogens is 1. The average Bonchev–Trinajstić information content (AvgIpc) is 3.01. The van der Waals surface area contributed by atoms with Crippen molar-refractivity contribution in [2.45, 2.75) is 31.5 Å². The summed E-state index contributed by atoms with van der Waals surface area (Å²) in [6.07, 6.45) is -2.76. The van der Waals surface area contributed by atoms with Gasteiger partial charge < -0.3 is 25.4 Å². The summed E-state index contributed by atoms with van der Waals surface area (Å²) in [6.45, 7) is 0.769. The molecule has 3 rings (SSSR count). The smallest absolute Gasteiger partial charge is 0.303 e. The zero-order chi connectivity index (χ0) is 16.7. The predicted molar refractivity (Wildman–Crippen MR) is 77.3 cm³/mol. The molecule has 0 saturated carbocycles. The number of nitrogen functional groups attached to an aromatic ring is 1. The van der Waals surface area contributed by atoms with Crippen LogP contribution < -0.4 is 5.73 Å². The van der Waals surface area contributed by atoms with Gasteiger partial charge in [0, 0.05) is 6.92 Å².